The van der Waals surface area contributed by atoms with Crippen LogP contribution in [0, 0.1) is 24.5 Å². The molecule has 2 aromatic carbocycles. The normalized spacial score (nSPS) is 11.1. The quantitative estimate of drug-likeness (QED) is 0.313. The van der Waals surface area contributed by atoms with Crippen molar-refractivity contribution in [2.24, 2.45) is 5.92 Å². The Morgan fingerprint density at radius 3 is 2.39 bits per heavy atom. The molecule has 0 bridgehead atoms. The van der Waals surface area contributed by atoms with Gasteiger partial charge in [-0.2, -0.15) is 5.10 Å². The van der Waals surface area contributed by atoms with Crippen LogP contribution in [0.1, 0.15) is 54.9 Å². The average Bonchev–Trinajstić information content (AvgIpc) is 3.09. The molecule has 36 heavy (non-hydrogen) atoms. The molecule has 0 radical (unpaired) electrons. The highest BCUT2D eigenvalue weighted by Crippen LogP contribution is 2.25. The zero-order chi connectivity index (χ0) is 25.7. The van der Waals surface area contributed by atoms with Crippen molar-refractivity contribution in [3.63, 3.8) is 0 Å². The van der Waals surface area contributed by atoms with Crippen molar-refractivity contribution in [1.82, 2.24) is 15.1 Å². The Morgan fingerprint density at radius 2 is 1.78 bits per heavy atom. The van der Waals surface area contributed by atoms with Crippen molar-refractivity contribution in [2.45, 2.75) is 53.8 Å². The van der Waals surface area contributed by atoms with Crippen molar-refractivity contribution in [2.75, 3.05) is 11.9 Å². The average molecular weight is 541 g/mol. The monoisotopic (exact) mass is 540 g/mol. The van der Waals surface area contributed by atoms with Gasteiger partial charge in [-0.1, -0.05) is 39.3 Å². The number of hydrogen-bond donors (Lipinski definition) is 2. The second kappa shape index (κ2) is 13.0. The Bertz CT molecular complexity index is 1180. The highest BCUT2D eigenvalue weighted by atomic mass is 35.5. The van der Waals surface area contributed by atoms with Crippen molar-refractivity contribution in [3.05, 3.63) is 75.4 Å². The highest BCUT2D eigenvalue weighted by Gasteiger charge is 2.20. The molecule has 0 aliphatic heterocycles. The molecule has 0 saturated carbocycles. The van der Waals surface area contributed by atoms with Crippen LogP contribution < -0.4 is 15.4 Å². The fraction of sp³-hybridized carbons (Fsp3) is 0.385. The lowest BCUT2D eigenvalue weighted by Gasteiger charge is -2.14. The van der Waals surface area contributed by atoms with Gasteiger partial charge in [0.2, 0.25) is 0 Å². The molecule has 3 rings (SSSR count). The van der Waals surface area contributed by atoms with Crippen molar-refractivity contribution < 1.29 is 18.3 Å². The third-order valence-corrected chi connectivity index (χ3v) is 5.42. The van der Waals surface area contributed by atoms with Crippen LogP contribution >= 0.6 is 24.0 Å². The number of rotatable bonds is 10. The SMILES string of the molecule is Cc1cc(NC(=O)c2c(F)cc(CNC(C)C)cc2F)nn1Cc1cc(Cl)ccc1OCC(C)C.Cl. The van der Waals surface area contributed by atoms with E-state index in [4.69, 9.17) is 16.3 Å². The lowest BCUT2D eigenvalue weighted by molar-refractivity contribution is 0.101. The Morgan fingerprint density at radius 1 is 1.11 bits per heavy atom. The van der Waals surface area contributed by atoms with E-state index in [-0.39, 0.29) is 24.3 Å². The van der Waals surface area contributed by atoms with Gasteiger partial charge in [-0.25, -0.2) is 8.78 Å². The standard InChI is InChI=1S/C26H31ClF2N4O2.ClH/c1-15(2)14-35-23-7-6-20(27)11-19(23)13-33-17(5)8-24(32-33)31-26(34)25-21(28)9-18(10-22(25)29)12-30-16(3)4;/h6-11,15-16,30H,12-14H2,1-5H3,(H,31,32,34);1H. The molecule has 6 nitrogen and oxygen atoms in total. The van der Waals surface area contributed by atoms with Gasteiger partial charge in [-0.15, -0.1) is 12.4 Å². The predicted molar refractivity (Wildman–Crippen MR) is 141 cm³/mol. The number of anilines is 1. The second-order valence-electron chi connectivity index (χ2n) is 9.21. The molecule has 196 valence electrons. The summed E-state index contributed by atoms with van der Waals surface area (Å²) in [5, 5.41) is 10.5. The van der Waals surface area contributed by atoms with Crippen LogP contribution in [0.4, 0.5) is 14.6 Å². The van der Waals surface area contributed by atoms with E-state index in [9.17, 15) is 13.6 Å². The minimum atomic E-state index is -0.926. The summed E-state index contributed by atoms with van der Waals surface area (Å²) >= 11 is 6.19. The van der Waals surface area contributed by atoms with Crippen molar-refractivity contribution in [3.8, 4) is 5.75 Å². The van der Waals surface area contributed by atoms with Gasteiger partial charge in [-0.3, -0.25) is 9.48 Å². The van der Waals surface area contributed by atoms with Crippen molar-refractivity contribution >= 4 is 35.7 Å². The van der Waals surface area contributed by atoms with E-state index in [0.29, 0.717) is 41.9 Å². The van der Waals surface area contributed by atoms with E-state index in [0.717, 1.165) is 23.4 Å². The van der Waals surface area contributed by atoms with E-state index in [1.54, 1.807) is 22.9 Å². The number of amides is 1. The molecule has 0 unspecified atom stereocenters. The van der Waals surface area contributed by atoms with Gasteiger partial charge < -0.3 is 15.4 Å². The highest BCUT2D eigenvalue weighted by molar-refractivity contribution is 6.30. The lowest BCUT2D eigenvalue weighted by Crippen LogP contribution is -2.22. The maximum Gasteiger partial charge on any atom is 0.262 e. The van der Waals surface area contributed by atoms with Crippen LogP contribution in [0.5, 0.6) is 5.75 Å². The fourth-order valence-corrected chi connectivity index (χ4v) is 3.60. The third-order valence-electron chi connectivity index (χ3n) is 5.18. The largest absolute Gasteiger partial charge is 0.493 e. The van der Waals surface area contributed by atoms with Gasteiger partial charge in [0.25, 0.3) is 5.91 Å². The predicted octanol–water partition coefficient (Wildman–Crippen LogP) is 6.38. The molecule has 10 heteroatoms. The first-order chi connectivity index (χ1) is 16.5. The van der Waals surface area contributed by atoms with Crippen LogP contribution in [0.2, 0.25) is 5.02 Å². The minimum absolute atomic E-state index is 0. The van der Waals surface area contributed by atoms with E-state index in [1.807, 2.05) is 26.8 Å². The molecule has 0 saturated heterocycles. The maximum absolute atomic E-state index is 14.6. The van der Waals surface area contributed by atoms with Gasteiger partial charge in [0.15, 0.2) is 5.82 Å². The first kappa shape index (κ1) is 29.5. The number of aryl methyl sites for hydroxylation is 1. The number of carbonyl (C=O) groups excluding carboxylic acids is 1. The molecular formula is C26H32Cl2F2N4O2. The zero-order valence-corrected chi connectivity index (χ0v) is 22.6. The molecule has 3 aromatic rings. The summed E-state index contributed by atoms with van der Waals surface area (Å²) in [6.45, 7) is 11.0. The first-order valence-electron chi connectivity index (χ1n) is 11.5. The van der Waals surface area contributed by atoms with Crippen molar-refractivity contribution in [1.29, 1.82) is 0 Å². The molecule has 1 heterocycles. The minimum Gasteiger partial charge on any atom is -0.493 e. The van der Waals surface area contributed by atoms with Crippen LogP contribution in [0.3, 0.4) is 0 Å². The maximum atomic E-state index is 14.6. The molecule has 0 spiro atoms. The van der Waals surface area contributed by atoms with E-state index < -0.39 is 23.1 Å². The third kappa shape index (κ3) is 7.91. The van der Waals surface area contributed by atoms with Crippen LogP contribution in [-0.2, 0) is 13.1 Å². The van der Waals surface area contributed by atoms with Gasteiger partial charge in [0.05, 0.1) is 13.2 Å². The Kier molecular flexibility index (Phi) is 10.7. The van der Waals surface area contributed by atoms with E-state index >= 15 is 0 Å². The van der Waals surface area contributed by atoms with Gasteiger partial charge in [0, 0.05) is 34.9 Å². The lowest BCUT2D eigenvalue weighted by atomic mass is 10.1. The van der Waals surface area contributed by atoms with Gasteiger partial charge >= 0.3 is 0 Å². The number of hydrogen-bond acceptors (Lipinski definition) is 4. The van der Waals surface area contributed by atoms with Gasteiger partial charge in [-0.05, 0) is 48.7 Å². The topological polar surface area (TPSA) is 68.2 Å². The number of nitrogens with zero attached hydrogens (tertiary/aromatic N) is 2. The van der Waals surface area contributed by atoms with Crippen LogP contribution in [-0.4, -0.2) is 28.3 Å². The molecule has 1 aromatic heterocycles. The van der Waals surface area contributed by atoms with E-state index in [1.165, 1.54) is 0 Å². The second-order valence-corrected chi connectivity index (χ2v) is 9.65. The Labute approximate surface area is 221 Å². The number of nitrogens with one attached hydrogen (secondary N) is 2. The summed E-state index contributed by atoms with van der Waals surface area (Å²) in [5.74, 6) is -1.52. The summed E-state index contributed by atoms with van der Waals surface area (Å²) < 4.78 is 36.8. The summed E-state index contributed by atoms with van der Waals surface area (Å²) in [4.78, 5) is 12.7. The number of ether oxygens (including phenoxy) is 1. The summed E-state index contributed by atoms with van der Waals surface area (Å²) in [6.07, 6.45) is 0. The van der Waals surface area contributed by atoms with Gasteiger partial charge in [0.1, 0.15) is 22.9 Å². The first-order valence-corrected chi connectivity index (χ1v) is 11.9. The Balaban J connectivity index is 0.00000456. The summed E-state index contributed by atoms with van der Waals surface area (Å²) in [7, 11) is 0. The molecular weight excluding hydrogens is 509 g/mol. The number of aromatic nitrogens is 2. The summed E-state index contributed by atoms with van der Waals surface area (Å²) in [5.41, 5.74) is 1.34. The molecule has 1 amide bonds. The summed E-state index contributed by atoms with van der Waals surface area (Å²) in [6, 6.07) is 9.49. The molecule has 2 N–H and O–H groups in total. The number of halogens is 4. The number of benzene rings is 2. The Hall–Kier alpha value is -2.68. The fourth-order valence-electron chi connectivity index (χ4n) is 3.41. The van der Waals surface area contributed by atoms with Crippen LogP contribution in [0.25, 0.3) is 0 Å². The smallest absolute Gasteiger partial charge is 0.262 e. The molecule has 0 aliphatic rings. The zero-order valence-electron chi connectivity index (χ0n) is 21.0. The molecule has 0 atom stereocenters. The number of carbonyl (C=O) groups is 1. The van der Waals surface area contributed by atoms with Crippen LogP contribution in [0.15, 0.2) is 36.4 Å². The van der Waals surface area contributed by atoms with E-state index in [2.05, 4.69) is 29.6 Å². The molecule has 0 fully saturated rings. The molecule has 0 aliphatic carbocycles.